The molecule has 0 bridgehead atoms. The third-order valence-electron chi connectivity index (χ3n) is 5.56. The maximum absolute atomic E-state index is 5.92. The summed E-state index contributed by atoms with van der Waals surface area (Å²) in [4.78, 5) is 7.27. The minimum Gasteiger partial charge on any atom is -0.497 e. The number of amidine groups is 1. The average Bonchev–Trinajstić information content (AvgIpc) is 2.93. The summed E-state index contributed by atoms with van der Waals surface area (Å²) >= 11 is 1.63. The number of thioether (sulfide) groups is 1. The standard InChI is InChI=1S/C30H30N2O3S/c1-33-26-15-9-23(10-16-26)21-32(22-24-11-17-27(34-2)18-12-24)30(36-3)31-25-13-19-29(20-14-25)35-28-7-5-4-6-8-28/h4-20H,21-22H2,1-3H3. The van der Waals surface area contributed by atoms with Crippen molar-refractivity contribution in [1.82, 2.24) is 4.90 Å². The van der Waals surface area contributed by atoms with Gasteiger partial charge >= 0.3 is 0 Å². The molecule has 5 nitrogen and oxygen atoms in total. The number of aliphatic imine (C=N–C) groups is 1. The van der Waals surface area contributed by atoms with Gasteiger partial charge in [0.2, 0.25) is 0 Å². The van der Waals surface area contributed by atoms with Crippen LogP contribution in [-0.4, -0.2) is 30.5 Å². The topological polar surface area (TPSA) is 43.3 Å². The Balaban J connectivity index is 1.56. The van der Waals surface area contributed by atoms with Crippen LogP contribution in [-0.2, 0) is 13.1 Å². The molecule has 0 N–H and O–H groups in total. The first-order valence-electron chi connectivity index (χ1n) is 11.6. The Morgan fingerprint density at radius 1 is 0.639 bits per heavy atom. The first-order valence-corrected chi connectivity index (χ1v) is 12.9. The van der Waals surface area contributed by atoms with Gasteiger partial charge in [0.25, 0.3) is 0 Å². The van der Waals surface area contributed by atoms with Crippen LogP contribution in [0.1, 0.15) is 11.1 Å². The maximum Gasteiger partial charge on any atom is 0.164 e. The lowest BCUT2D eigenvalue weighted by molar-refractivity contribution is 0.405. The van der Waals surface area contributed by atoms with Gasteiger partial charge in [-0.3, -0.25) is 0 Å². The van der Waals surface area contributed by atoms with Crippen LogP contribution in [0.5, 0.6) is 23.0 Å². The molecule has 0 unspecified atom stereocenters. The van der Waals surface area contributed by atoms with Crippen molar-refractivity contribution in [3.05, 3.63) is 114 Å². The number of benzene rings is 4. The Labute approximate surface area is 217 Å². The monoisotopic (exact) mass is 498 g/mol. The first-order chi connectivity index (χ1) is 17.7. The van der Waals surface area contributed by atoms with E-state index >= 15 is 0 Å². The molecule has 4 rings (SSSR count). The van der Waals surface area contributed by atoms with Crippen LogP contribution in [0.25, 0.3) is 0 Å². The normalized spacial score (nSPS) is 11.1. The highest BCUT2D eigenvalue weighted by atomic mass is 32.2. The van der Waals surface area contributed by atoms with Crippen LogP contribution >= 0.6 is 11.8 Å². The van der Waals surface area contributed by atoms with Gasteiger partial charge in [0.1, 0.15) is 23.0 Å². The summed E-state index contributed by atoms with van der Waals surface area (Å²) < 4.78 is 16.6. The third-order valence-corrected chi connectivity index (χ3v) is 6.27. The highest BCUT2D eigenvalue weighted by molar-refractivity contribution is 8.13. The van der Waals surface area contributed by atoms with E-state index in [-0.39, 0.29) is 0 Å². The van der Waals surface area contributed by atoms with E-state index in [2.05, 4.69) is 35.4 Å². The van der Waals surface area contributed by atoms with E-state index in [0.717, 1.165) is 33.9 Å². The van der Waals surface area contributed by atoms with Gasteiger partial charge in [-0.25, -0.2) is 4.99 Å². The van der Waals surface area contributed by atoms with Gasteiger partial charge in [0.05, 0.1) is 19.9 Å². The summed E-state index contributed by atoms with van der Waals surface area (Å²) in [6, 6.07) is 33.9. The number of para-hydroxylation sites is 1. The first kappa shape index (κ1) is 25.2. The highest BCUT2D eigenvalue weighted by Crippen LogP contribution is 2.26. The summed E-state index contributed by atoms with van der Waals surface area (Å²) in [6.07, 6.45) is 2.06. The van der Waals surface area contributed by atoms with Crippen LogP contribution in [0.3, 0.4) is 0 Å². The minimum absolute atomic E-state index is 0.713. The molecule has 0 aliphatic rings. The Morgan fingerprint density at radius 2 is 1.11 bits per heavy atom. The predicted octanol–water partition coefficient (Wildman–Crippen LogP) is 7.55. The zero-order valence-electron chi connectivity index (χ0n) is 20.8. The minimum atomic E-state index is 0.713. The summed E-state index contributed by atoms with van der Waals surface area (Å²) in [5.74, 6) is 3.27. The zero-order chi connectivity index (χ0) is 25.2. The van der Waals surface area contributed by atoms with E-state index in [4.69, 9.17) is 19.2 Å². The Kier molecular flexibility index (Phi) is 8.89. The Morgan fingerprint density at radius 3 is 1.58 bits per heavy atom. The van der Waals surface area contributed by atoms with Crippen LogP contribution in [0.4, 0.5) is 5.69 Å². The van der Waals surface area contributed by atoms with E-state index < -0.39 is 0 Å². The molecular weight excluding hydrogens is 468 g/mol. The molecule has 36 heavy (non-hydrogen) atoms. The van der Waals surface area contributed by atoms with Gasteiger partial charge in [-0.2, -0.15) is 0 Å². The second-order valence-electron chi connectivity index (χ2n) is 8.06. The quantitative estimate of drug-likeness (QED) is 0.176. The lowest BCUT2D eigenvalue weighted by Gasteiger charge is -2.26. The van der Waals surface area contributed by atoms with Crippen molar-refractivity contribution >= 4 is 22.6 Å². The molecule has 4 aromatic carbocycles. The lowest BCUT2D eigenvalue weighted by Crippen LogP contribution is -2.27. The average molecular weight is 499 g/mol. The summed E-state index contributed by atoms with van der Waals surface area (Å²) in [7, 11) is 3.36. The van der Waals surface area contributed by atoms with Gasteiger partial charge in [-0.1, -0.05) is 54.2 Å². The molecule has 0 saturated carbocycles. The Bertz CT molecular complexity index is 1190. The van der Waals surface area contributed by atoms with Crippen LogP contribution in [0.2, 0.25) is 0 Å². The van der Waals surface area contributed by atoms with E-state index in [0.29, 0.717) is 13.1 Å². The van der Waals surface area contributed by atoms with E-state index in [1.165, 1.54) is 11.1 Å². The lowest BCUT2D eigenvalue weighted by atomic mass is 10.1. The van der Waals surface area contributed by atoms with E-state index in [1.54, 1.807) is 26.0 Å². The molecule has 184 valence electrons. The largest absolute Gasteiger partial charge is 0.497 e. The molecular formula is C30H30N2O3S. The maximum atomic E-state index is 5.92. The van der Waals surface area contributed by atoms with E-state index in [9.17, 15) is 0 Å². The molecule has 0 fully saturated rings. The third kappa shape index (κ3) is 7.06. The van der Waals surface area contributed by atoms with Gasteiger partial charge in [-0.15, -0.1) is 0 Å². The summed E-state index contributed by atoms with van der Waals surface area (Å²) in [5, 5.41) is 0.929. The van der Waals surface area contributed by atoms with Gasteiger partial charge < -0.3 is 19.1 Å². The SMILES string of the molecule is COc1ccc(CN(Cc2ccc(OC)cc2)C(=Nc2ccc(Oc3ccccc3)cc2)SC)cc1. The summed E-state index contributed by atoms with van der Waals surface area (Å²) in [6.45, 7) is 1.43. The highest BCUT2D eigenvalue weighted by Gasteiger charge is 2.13. The fraction of sp³-hybridized carbons (Fsp3) is 0.167. The second kappa shape index (κ2) is 12.7. The number of ether oxygens (including phenoxy) is 3. The predicted molar refractivity (Wildman–Crippen MR) is 149 cm³/mol. The van der Waals surface area contributed by atoms with Crippen molar-refractivity contribution < 1.29 is 14.2 Å². The number of nitrogens with zero attached hydrogens (tertiary/aromatic N) is 2. The van der Waals surface area contributed by atoms with Crippen molar-refractivity contribution in [2.45, 2.75) is 13.1 Å². The summed E-state index contributed by atoms with van der Waals surface area (Å²) in [5.41, 5.74) is 3.23. The second-order valence-corrected chi connectivity index (χ2v) is 8.83. The van der Waals surface area contributed by atoms with Crippen molar-refractivity contribution in [2.75, 3.05) is 20.5 Å². The molecule has 0 heterocycles. The van der Waals surface area contributed by atoms with Crippen molar-refractivity contribution in [2.24, 2.45) is 4.99 Å². The van der Waals surface area contributed by atoms with Gasteiger partial charge in [0, 0.05) is 13.1 Å². The van der Waals surface area contributed by atoms with Crippen molar-refractivity contribution in [3.8, 4) is 23.0 Å². The molecule has 0 radical (unpaired) electrons. The fourth-order valence-corrected chi connectivity index (χ4v) is 4.25. The molecule has 0 aliphatic carbocycles. The molecule has 4 aromatic rings. The number of methoxy groups -OCH3 is 2. The molecule has 0 atom stereocenters. The van der Waals surface area contributed by atoms with Crippen LogP contribution in [0.15, 0.2) is 108 Å². The molecule has 0 saturated heterocycles. The Hall–Kier alpha value is -3.90. The molecule has 0 spiro atoms. The van der Waals surface area contributed by atoms with Crippen LogP contribution < -0.4 is 14.2 Å². The van der Waals surface area contributed by atoms with Crippen LogP contribution in [0, 0.1) is 0 Å². The molecule has 0 amide bonds. The smallest absolute Gasteiger partial charge is 0.164 e. The molecule has 0 aliphatic heterocycles. The van der Waals surface area contributed by atoms with Crippen molar-refractivity contribution in [3.63, 3.8) is 0 Å². The van der Waals surface area contributed by atoms with Gasteiger partial charge in [-0.05, 0) is 78.0 Å². The molecule has 6 heteroatoms. The van der Waals surface area contributed by atoms with Gasteiger partial charge in [0.15, 0.2) is 5.17 Å². The zero-order valence-corrected chi connectivity index (χ0v) is 21.6. The number of hydrogen-bond donors (Lipinski definition) is 0. The number of rotatable bonds is 9. The van der Waals surface area contributed by atoms with E-state index in [1.807, 2.05) is 78.9 Å². The van der Waals surface area contributed by atoms with Crippen molar-refractivity contribution in [1.29, 1.82) is 0 Å². The fourth-order valence-electron chi connectivity index (χ4n) is 3.66. The number of hydrogen-bond acceptors (Lipinski definition) is 5. The molecule has 0 aromatic heterocycles.